The molecule has 0 saturated carbocycles. The van der Waals surface area contributed by atoms with E-state index in [1.807, 2.05) is 26.0 Å². The molecule has 0 aromatic carbocycles. The quantitative estimate of drug-likeness (QED) is 0.592. The Morgan fingerprint density at radius 2 is 1.80 bits per heavy atom. The second-order valence-electron chi connectivity index (χ2n) is 6.98. The van der Waals surface area contributed by atoms with Crippen LogP contribution in [-0.2, 0) is 27.2 Å². The van der Waals surface area contributed by atoms with Gasteiger partial charge in [0, 0.05) is 23.8 Å². The minimum atomic E-state index is -0.780. The van der Waals surface area contributed by atoms with E-state index in [1.54, 1.807) is 12.4 Å². The molecule has 3 heterocycles. The minimum absolute atomic E-state index is 0.0194. The van der Waals surface area contributed by atoms with Crippen molar-refractivity contribution in [2.24, 2.45) is 11.8 Å². The fourth-order valence-corrected chi connectivity index (χ4v) is 3.77. The van der Waals surface area contributed by atoms with Crippen LogP contribution < -0.4 is 0 Å². The number of hydrogen-bond donors (Lipinski definition) is 2. The smallest absolute Gasteiger partial charge is 0.313 e. The molecule has 0 aliphatic carbocycles. The van der Waals surface area contributed by atoms with Gasteiger partial charge in [-0.1, -0.05) is 13.8 Å². The van der Waals surface area contributed by atoms with Crippen molar-refractivity contribution in [2.75, 3.05) is 0 Å². The van der Waals surface area contributed by atoms with Crippen LogP contribution in [0.25, 0.3) is 0 Å². The summed E-state index contributed by atoms with van der Waals surface area (Å²) in [7, 11) is 0. The zero-order chi connectivity index (χ0) is 17.9. The van der Waals surface area contributed by atoms with E-state index in [0.717, 1.165) is 11.4 Å². The highest BCUT2D eigenvalue weighted by molar-refractivity contribution is 5.99. The number of Topliss-reactive ketones (excluding diaryl/α,β-unsaturated/α-hetero) is 1. The third-order valence-electron chi connectivity index (χ3n) is 5.18. The second kappa shape index (κ2) is 7.21. The van der Waals surface area contributed by atoms with Crippen molar-refractivity contribution in [3.05, 3.63) is 35.9 Å². The Labute approximate surface area is 146 Å². The van der Waals surface area contributed by atoms with Crippen molar-refractivity contribution in [3.63, 3.8) is 0 Å². The number of ketones is 1. The monoisotopic (exact) mass is 344 g/mol. The highest BCUT2D eigenvalue weighted by atomic mass is 16.6. The van der Waals surface area contributed by atoms with Crippen molar-refractivity contribution in [2.45, 2.75) is 51.6 Å². The van der Waals surface area contributed by atoms with Gasteiger partial charge >= 0.3 is 5.97 Å². The zero-order valence-electron chi connectivity index (χ0n) is 14.6. The van der Waals surface area contributed by atoms with Gasteiger partial charge in [0.1, 0.15) is 12.0 Å². The van der Waals surface area contributed by atoms with Crippen molar-refractivity contribution in [1.82, 2.24) is 20.4 Å². The minimum Gasteiger partial charge on any atom is -0.458 e. The first-order valence-corrected chi connectivity index (χ1v) is 8.72. The summed E-state index contributed by atoms with van der Waals surface area (Å²) in [5, 5.41) is 13.8. The number of esters is 1. The first-order valence-electron chi connectivity index (χ1n) is 8.72. The number of aryl methyl sites for hydroxylation is 2. The Balaban J connectivity index is 1.82. The first-order chi connectivity index (χ1) is 12.0. The van der Waals surface area contributed by atoms with Crippen LogP contribution in [0.1, 0.15) is 44.5 Å². The Hall–Kier alpha value is -2.44. The number of aromatic nitrogens is 4. The zero-order valence-corrected chi connectivity index (χ0v) is 14.6. The Morgan fingerprint density at radius 1 is 1.16 bits per heavy atom. The van der Waals surface area contributed by atoms with E-state index in [9.17, 15) is 9.59 Å². The molecule has 2 atom stereocenters. The number of carbonyl (C=O) groups is 2. The SMILES string of the molecule is CC(C)C1(CCc2ccn[nH]2)OC(=O)CC(=O)C1CCc1ccn[nH]1. The number of cyclic esters (lactones) is 1. The number of ether oxygens (including phenoxy) is 1. The van der Waals surface area contributed by atoms with Crippen LogP contribution >= 0.6 is 0 Å². The molecular formula is C18H24N4O3. The van der Waals surface area contributed by atoms with Gasteiger partial charge in [0.2, 0.25) is 0 Å². The van der Waals surface area contributed by atoms with Crippen LogP contribution in [0.4, 0.5) is 0 Å². The molecule has 0 bridgehead atoms. The number of carbonyl (C=O) groups excluding carboxylic acids is 2. The fourth-order valence-electron chi connectivity index (χ4n) is 3.77. The molecule has 7 heteroatoms. The summed E-state index contributed by atoms with van der Waals surface area (Å²) in [5.41, 5.74) is 1.18. The lowest BCUT2D eigenvalue weighted by Gasteiger charge is -2.45. The van der Waals surface area contributed by atoms with Gasteiger partial charge in [-0.3, -0.25) is 19.8 Å². The molecule has 1 fully saturated rings. The van der Waals surface area contributed by atoms with Crippen molar-refractivity contribution in [1.29, 1.82) is 0 Å². The van der Waals surface area contributed by atoms with E-state index >= 15 is 0 Å². The third kappa shape index (κ3) is 3.65. The Kier molecular flexibility index (Phi) is 5.01. The molecule has 3 rings (SSSR count). The van der Waals surface area contributed by atoms with Crippen LogP contribution in [0.15, 0.2) is 24.5 Å². The molecule has 2 aromatic rings. The number of aromatic amines is 2. The highest BCUT2D eigenvalue weighted by Gasteiger charge is 2.51. The molecule has 134 valence electrons. The first kappa shape index (κ1) is 17.4. The largest absolute Gasteiger partial charge is 0.458 e. The van der Waals surface area contributed by atoms with E-state index in [4.69, 9.17) is 4.74 Å². The fraction of sp³-hybridized carbons (Fsp3) is 0.556. The van der Waals surface area contributed by atoms with Gasteiger partial charge in [0.15, 0.2) is 5.78 Å². The number of rotatable bonds is 7. The molecule has 0 amide bonds. The van der Waals surface area contributed by atoms with Gasteiger partial charge in [-0.05, 0) is 43.7 Å². The third-order valence-corrected chi connectivity index (χ3v) is 5.18. The molecule has 0 radical (unpaired) electrons. The van der Waals surface area contributed by atoms with Gasteiger partial charge in [-0.2, -0.15) is 10.2 Å². The number of H-pyrrole nitrogens is 2. The summed E-state index contributed by atoms with van der Waals surface area (Å²) in [6, 6.07) is 3.81. The van der Waals surface area contributed by atoms with E-state index < -0.39 is 11.6 Å². The number of hydrogen-bond acceptors (Lipinski definition) is 5. The second-order valence-corrected chi connectivity index (χ2v) is 6.98. The maximum absolute atomic E-state index is 12.7. The van der Waals surface area contributed by atoms with Gasteiger partial charge in [-0.25, -0.2) is 0 Å². The molecule has 2 aromatic heterocycles. The lowest BCUT2D eigenvalue weighted by molar-refractivity contribution is -0.188. The van der Waals surface area contributed by atoms with Gasteiger partial charge in [0.05, 0.1) is 5.92 Å². The maximum Gasteiger partial charge on any atom is 0.313 e. The molecule has 0 spiro atoms. The standard InChI is InChI=1S/C18H24N4O3/c1-12(2)18(8-5-14-7-10-20-22-14)15(16(23)11-17(24)25-18)4-3-13-6-9-19-21-13/h6-7,9-10,12,15H,3-5,8,11H2,1-2H3,(H,19,21)(H,20,22). The number of nitrogens with zero attached hydrogens (tertiary/aromatic N) is 2. The normalized spacial score (nSPS) is 23.9. The summed E-state index contributed by atoms with van der Waals surface area (Å²) in [4.78, 5) is 24.8. The van der Waals surface area contributed by atoms with Crippen molar-refractivity contribution >= 4 is 11.8 Å². The van der Waals surface area contributed by atoms with E-state index in [0.29, 0.717) is 25.7 Å². The molecule has 2 N–H and O–H groups in total. The highest BCUT2D eigenvalue weighted by Crippen LogP contribution is 2.42. The Bertz CT molecular complexity index is 709. The van der Waals surface area contributed by atoms with Gasteiger partial charge in [0.25, 0.3) is 0 Å². The number of nitrogens with one attached hydrogen (secondary N) is 2. The van der Waals surface area contributed by atoms with Gasteiger partial charge < -0.3 is 4.74 Å². The summed E-state index contributed by atoms with van der Waals surface area (Å²) < 4.78 is 5.87. The van der Waals surface area contributed by atoms with Gasteiger partial charge in [-0.15, -0.1) is 0 Å². The van der Waals surface area contributed by atoms with Crippen LogP contribution in [0.5, 0.6) is 0 Å². The van der Waals surface area contributed by atoms with Crippen LogP contribution in [-0.4, -0.2) is 37.7 Å². The average Bonchev–Trinajstić information content (AvgIpc) is 3.25. The molecule has 25 heavy (non-hydrogen) atoms. The summed E-state index contributed by atoms with van der Waals surface area (Å²) in [6.45, 7) is 4.03. The van der Waals surface area contributed by atoms with Crippen molar-refractivity contribution in [3.8, 4) is 0 Å². The predicted octanol–water partition coefficient (Wildman–Crippen LogP) is 2.23. The maximum atomic E-state index is 12.7. The molecule has 2 unspecified atom stereocenters. The lowest BCUT2D eigenvalue weighted by Crippen LogP contribution is -2.54. The van der Waals surface area contributed by atoms with Crippen LogP contribution in [0, 0.1) is 11.8 Å². The van der Waals surface area contributed by atoms with E-state index in [2.05, 4.69) is 20.4 Å². The lowest BCUT2D eigenvalue weighted by atomic mass is 9.69. The van der Waals surface area contributed by atoms with Crippen LogP contribution in [0.3, 0.4) is 0 Å². The molecule has 1 saturated heterocycles. The molecule has 1 aliphatic rings. The van der Waals surface area contributed by atoms with Crippen molar-refractivity contribution < 1.29 is 14.3 Å². The van der Waals surface area contributed by atoms with E-state index in [-0.39, 0.29) is 24.0 Å². The van der Waals surface area contributed by atoms with E-state index in [1.165, 1.54) is 0 Å². The molecule has 7 nitrogen and oxygen atoms in total. The van der Waals surface area contributed by atoms with Crippen LogP contribution in [0.2, 0.25) is 0 Å². The summed E-state index contributed by atoms with van der Waals surface area (Å²) in [5.74, 6) is -0.706. The molecular weight excluding hydrogens is 320 g/mol. The Morgan fingerprint density at radius 3 is 2.36 bits per heavy atom. The summed E-state index contributed by atoms with van der Waals surface area (Å²) >= 11 is 0. The molecule has 1 aliphatic heterocycles. The average molecular weight is 344 g/mol. The predicted molar refractivity (Wildman–Crippen MR) is 90.6 cm³/mol. The topological polar surface area (TPSA) is 101 Å². The summed E-state index contributed by atoms with van der Waals surface area (Å²) in [6.07, 6.45) is 5.88.